The van der Waals surface area contributed by atoms with Gasteiger partial charge in [0.15, 0.2) is 0 Å². The van der Waals surface area contributed by atoms with Crippen LogP contribution in [-0.2, 0) is 6.54 Å². The van der Waals surface area contributed by atoms with Gasteiger partial charge in [0.1, 0.15) is 0 Å². The average molecular weight is 260 g/mol. The second-order valence-electron chi connectivity index (χ2n) is 7.11. The zero-order valence-electron chi connectivity index (χ0n) is 12.9. The van der Waals surface area contributed by atoms with Gasteiger partial charge in [0, 0.05) is 18.8 Å². The van der Waals surface area contributed by atoms with Gasteiger partial charge in [-0.3, -0.25) is 9.88 Å². The molecule has 1 heterocycles. The lowest BCUT2D eigenvalue weighted by Gasteiger charge is -2.39. The van der Waals surface area contributed by atoms with E-state index in [4.69, 9.17) is 0 Å². The van der Waals surface area contributed by atoms with Crippen LogP contribution < -0.4 is 0 Å². The van der Waals surface area contributed by atoms with E-state index in [0.717, 1.165) is 18.5 Å². The number of hydrogen-bond acceptors (Lipinski definition) is 2. The molecule has 19 heavy (non-hydrogen) atoms. The summed E-state index contributed by atoms with van der Waals surface area (Å²) in [5.41, 5.74) is 1.66. The lowest BCUT2D eigenvalue weighted by Crippen LogP contribution is -2.37. The van der Waals surface area contributed by atoms with Crippen molar-refractivity contribution in [2.24, 2.45) is 11.3 Å². The van der Waals surface area contributed by atoms with Gasteiger partial charge in [-0.05, 0) is 56.2 Å². The minimum Gasteiger partial charge on any atom is -0.298 e. The molecule has 0 aromatic carbocycles. The lowest BCUT2D eigenvalue weighted by atomic mass is 9.71. The minimum absolute atomic E-state index is 0.477. The highest BCUT2D eigenvalue weighted by molar-refractivity contribution is 5.03. The zero-order chi connectivity index (χ0) is 13.9. The predicted molar refractivity (Wildman–Crippen MR) is 80.9 cm³/mol. The van der Waals surface area contributed by atoms with Crippen molar-refractivity contribution >= 4 is 0 Å². The number of hydrogen-bond donors (Lipinski definition) is 0. The van der Waals surface area contributed by atoms with Crippen molar-refractivity contribution in [1.29, 1.82) is 0 Å². The highest BCUT2D eigenvalue weighted by Gasteiger charge is 2.30. The summed E-state index contributed by atoms with van der Waals surface area (Å²) >= 11 is 0. The molecule has 0 N–H and O–H groups in total. The van der Waals surface area contributed by atoms with Gasteiger partial charge in [-0.1, -0.05) is 26.8 Å². The van der Waals surface area contributed by atoms with E-state index in [2.05, 4.69) is 49.8 Å². The summed E-state index contributed by atoms with van der Waals surface area (Å²) in [5.74, 6) is 0.895. The summed E-state index contributed by atoms with van der Waals surface area (Å²) in [7, 11) is 2.25. The SMILES string of the molecule is CN(Cc1ccccn1)[C@H]1CC[C@@H](C(C)(C)C)CC1. The van der Waals surface area contributed by atoms with Crippen LogP contribution in [0.25, 0.3) is 0 Å². The van der Waals surface area contributed by atoms with E-state index in [1.807, 2.05) is 12.3 Å². The number of aromatic nitrogens is 1. The molecular formula is C17H28N2. The second-order valence-corrected chi connectivity index (χ2v) is 7.11. The standard InChI is InChI=1S/C17H28N2/c1-17(2,3)14-8-10-16(11-9-14)19(4)13-15-7-5-6-12-18-15/h5-7,12,14,16H,8-11,13H2,1-4H3/t14-,16+. The summed E-state index contributed by atoms with van der Waals surface area (Å²) in [5, 5.41) is 0. The Morgan fingerprint density at radius 1 is 1.16 bits per heavy atom. The van der Waals surface area contributed by atoms with Crippen LogP contribution in [0, 0.1) is 11.3 Å². The zero-order valence-corrected chi connectivity index (χ0v) is 12.9. The van der Waals surface area contributed by atoms with Crippen LogP contribution in [0.15, 0.2) is 24.4 Å². The fourth-order valence-corrected chi connectivity index (χ4v) is 3.26. The van der Waals surface area contributed by atoms with E-state index in [-0.39, 0.29) is 0 Å². The molecule has 1 aromatic heterocycles. The summed E-state index contributed by atoms with van der Waals surface area (Å²) in [6.45, 7) is 8.13. The van der Waals surface area contributed by atoms with E-state index >= 15 is 0 Å². The van der Waals surface area contributed by atoms with Crippen molar-refractivity contribution in [2.75, 3.05) is 7.05 Å². The molecule has 1 aromatic rings. The molecule has 1 aliphatic carbocycles. The van der Waals surface area contributed by atoms with E-state index in [1.165, 1.54) is 31.4 Å². The maximum absolute atomic E-state index is 4.43. The molecule has 0 atom stereocenters. The number of nitrogens with zero attached hydrogens (tertiary/aromatic N) is 2. The Morgan fingerprint density at radius 2 is 1.84 bits per heavy atom. The molecule has 2 rings (SSSR count). The molecular weight excluding hydrogens is 232 g/mol. The Labute approximate surface area is 118 Å². The molecule has 0 bridgehead atoms. The Bertz CT molecular complexity index is 372. The third-order valence-electron chi connectivity index (χ3n) is 4.68. The quantitative estimate of drug-likeness (QED) is 0.812. The van der Waals surface area contributed by atoms with Gasteiger partial charge in [0.05, 0.1) is 5.69 Å². The van der Waals surface area contributed by atoms with Crippen molar-refractivity contribution < 1.29 is 0 Å². The van der Waals surface area contributed by atoms with Crippen molar-refractivity contribution in [3.05, 3.63) is 30.1 Å². The van der Waals surface area contributed by atoms with E-state index in [0.29, 0.717) is 5.41 Å². The van der Waals surface area contributed by atoms with Crippen molar-refractivity contribution in [3.63, 3.8) is 0 Å². The smallest absolute Gasteiger partial charge is 0.0543 e. The van der Waals surface area contributed by atoms with Crippen LogP contribution in [0.2, 0.25) is 0 Å². The van der Waals surface area contributed by atoms with Gasteiger partial charge in [-0.15, -0.1) is 0 Å². The first-order chi connectivity index (χ1) is 8.97. The van der Waals surface area contributed by atoms with Crippen molar-refractivity contribution in [1.82, 2.24) is 9.88 Å². The van der Waals surface area contributed by atoms with Gasteiger partial charge in [0.2, 0.25) is 0 Å². The molecule has 0 aliphatic heterocycles. The first-order valence-corrected chi connectivity index (χ1v) is 7.57. The Hall–Kier alpha value is -0.890. The van der Waals surface area contributed by atoms with Crippen LogP contribution >= 0.6 is 0 Å². The second kappa shape index (κ2) is 6.04. The maximum atomic E-state index is 4.43. The van der Waals surface area contributed by atoms with Gasteiger partial charge in [0.25, 0.3) is 0 Å². The Kier molecular flexibility index (Phi) is 4.62. The fraction of sp³-hybridized carbons (Fsp3) is 0.706. The number of rotatable bonds is 3. The lowest BCUT2D eigenvalue weighted by molar-refractivity contribution is 0.107. The molecule has 0 saturated heterocycles. The molecule has 1 fully saturated rings. The molecule has 106 valence electrons. The molecule has 0 radical (unpaired) electrons. The summed E-state index contributed by atoms with van der Waals surface area (Å²) in [6.07, 6.45) is 7.32. The van der Waals surface area contributed by atoms with Crippen LogP contribution in [-0.4, -0.2) is 23.0 Å². The van der Waals surface area contributed by atoms with Crippen LogP contribution in [0.1, 0.15) is 52.1 Å². The molecule has 2 nitrogen and oxygen atoms in total. The highest BCUT2D eigenvalue weighted by Crippen LogP contribution is 2.38. The van der Waals surface area contributed by atoms with Gasteiger partial charge >= 0.3 is 0 Å². The summed E-state index contributed by atoms with van der Waals surface area (Å²) < 4.78 is 0. The van der Waals surface area contributed by atoms with Crippen molar-refractivity contribution in [3.8, 4) is 0 Å². The summed E-state index contributed by atoms with van der Waals surface area (Å²) in [6, 6.07) is 6.92. The third-order valence-corrected chi connectivity index (χ3v) is 4.68. The third kappa shape index (κ3) is 4.04. The average Bonchev–Trinajstić information content (AvgIpc) is 2.39. The Balaban J connectivity index is 1.84. The largest absolute Gasteiger partial charge is 0.298 e. The van der Waals surface area contributed by atoms with Gasteiger partial charge in [-0.25, -0.2) is 0 Å². The highest BCUT2D eigenvalue weighted by atomic mass is 15.1. The topological polar surface area (TPSA) is 16.1 Å². The minimum atomic E-state index is 0.477. The van der Waals surface area contributed by atoms with Crippen LogP contribution in [0.4, 0.5) is 0 Å². The number of pyridine rings is 1. The van der Waals surface area contributed by atoms with Crippen LogP contribution in [0.3, 0.4) is 0 Å². The van der Waals surface area contributed by atoms with Gasteiger partial charge in [-0.2, -0.15) is 0 Å². The first-order valence-electron chi connectivity index (χ1n) is 7.57. The predicted octanol–water partition coefficient (Wildman–Crippen LogP) is 4.12. The van der Waals surface area contributed by atoms with Crippen LogP contribution in [0.5, 0.6) is 0 Å². The first kappa shape index (κ1) is 14.5. The van der Waals surface area contributed by atoms with E-state index in [1.54, 1.807) is 0 Å². The molecule has 1 saturated carbocycles. The maximum Gasteiger partial charge on any atom is 0.0543 e. The molecule has 2 heteroatoms. The Morgan fingerprint density at radius 3 is 2.37 bits per heavy atom. The molecule has 0 spiro atoms. The van der Waals surface area contributed by atoms with E-state index < -0.39 is 0 Å². The summed E-state index contributed by atoms with van der Waals surface area (Å²) in [4.78, 5) is 6.91. The molecule has 1 aliphatic rings. The fourth-order valence-electron chi connectivity index (χ4n) is 3.26. The van der Waals surface area contributed by atoms with Crippen molar-refractivity contribution in [2.45, 2.75) is 59.0 Å². The molecule has 0 unspecified atom stereocenters. The van der Waals surface area contributed by atoms with E-state index in [9.17, 15) is 0 Å². The van der Waals surface area contributed by atoms with Gasteiger partial charge < -0.3 is 0 Å². The normalized spacial score (nSPS) is 24.7. The monoisotopic (exact) mass is 260 g/mol. The molecule has 0 amide bonds.